The lowest BCUT2D eigenvalue weighted by Crippen LogP contribution is -2.45. The lowest BCUT2D eigenvalue weighted by molar-refractivity contribution is -0.136. The highest BCUT2D eigenvalue weighted by Gasteiger charge is 2.29. The molecular formula is C15H23N3O. The summed E-state index contributed by atoms with van der Waals surface area (Å²) in [7, 11) is 0. The molecule has 0 saturated heterocycles. The van der Waals surface area contributed by atoms with Crippen LogP contribution in [0.15, 0.2) is 18.2 Å². The average molecular weight is 261 g/mol. The van der Waals surface area contributed by atoms with E-state index in [-0.39, 0.29) is 11.9 Å². The van der Waals surface area contributed by atoms with Gasteiger partial charge in [0, 0.05) is 31.9 Å². The molecule has 1 heterocycles. The Morgan fingerprint density at radius 1 is 1.32 bits per heavy atom. The minimum absolute atomic E-state index is 0.0754. The Balaban J connectivity index is 2.08. The highest BCUT2D eigenvalue weighted by molar-refractivity contribution is 5.81. The Hall–Kier alpha value is -1.55. The van der Waals surface area contributed by atoms with Gasteiger partial charge in [0.15, 0.2) is 0 Å². The number of benzene rings is 1. The van der Waals surface area contributed by atoms with Gasteiger partial charge in [-0.15, -0.1) is 0 Å². The van der Waals surface area contributed by atoms with Gasteiger partial charge in [0.2, 0.25) is 5.91 Å². The van der Waals surface area contributed by atoms with Gasteiger partial charge >= 0.3 is 0 Å². The van der Waals surface area contributed by atoms with Crippen LogP contribution < -0.4 is 5.73 Å². The van der Waals surface area contributed by atoms with Gasteiger partial charge in [-0.2, -0.15) is 0 Å². The van der Waals surface area contributed by atoms with E-state index in [0.717, 1.165) is 31.9 Å². The van der Waals surface area contributed by atoms with E-state index in [2.05, 4.69) is 11.0 Å². The summed E-state index contributed by atoms with van der Waals surface area (Å²) < 4.78 is 0. The van der Waals surface area contributed by atoms with Crippen LogP contribution in [0.3, 0.4) is 0 Å². The van der Waals surface area contributed by atoms with Crippen molar-refractivity contribution in [1.82, 2.24) is 9.80 Å². The van der Waals surface area contributed by atoms with Gasteiger partial charge in [0.1, 0.15) is 0 Å². The zero-order chi connectivity index (χ0) is 14.0. The van der Waals surface area contributed by atoms with Crippen LogP contribution in [0.25, 0.3) is 0 Å². The standard InChI is InChI=1S/C15H23N3O/c1-4-17(5-2)15(19)11(3)18-9-12-6-7-14(16)8-13(12)10-18/h6-8,11H,4-5,9-10,16H2,1-3H3. The molecule has 0 saturated carbocycles. The average Bonchev–Trinajstić information content (AvgIpc) is 2.81. The number of carbonyl (C=O) groups excluding carboxylic acids is 1. The van der Waals surface area contributed by atoms with Crippen LogP contribution in [-0.2, 0) is 17.9 Å². The molecule has 0 bridgehead atoms. The topological polar surface area (TPSA) is 49.6 Å². The maximum atomic E-state index is 12.4. The molecule has 2 rings (SSSR count). The van der Waals surface area contributed by atoms with E-state index in [0.29, 0.717) is 0 Å². The Kier molecular flexibility index (Phi) is 4.10. The van der Waals surface area contributed by atoms with Crippen molar-refractivity contribution in [2.45, 2.75) is 39.9 Å². The van der Waals surface area contributed by atoms with Crippen molar-refractivity contribution < 1.29 is 4.79 Å². The molecule has 0 fully saturated rings. The van der Waals surface area contributed by atoms with Crippen LogP contribution in [0, 0.1) is 0 Å². The number of nitrogens with zero attached hydrogens (tertiary/aromatic N) is 2. The first-order chi connectivity index (χ1) is 9.06. The molecule has 1 amide bonds. The van der Waals surface area contributed by atoms with E-state index < -0.39 is 0 Å². The summed E-state index contributed by atoms with van der Waals surface area (Å²) in [6, 6.07) is 5.94. The van der Waals surface area contributed by atoms with Crippen molar-refractivity contribution >= 4 is 11.6 Å². The number of amides is 1. The van der Waals surface area contributed by atoms with E-state index >= 15 is 0 Å². The number of likely N-dealkylation sites (N-methyl/N-ethyl adjacent to an activating group) is 1. The molecule has 104 valence electrons. The molecule has 0 aromatic heterocycles. The number of fused-ring (bicyclic) bond motifs is 1. The maximum Gasteiger partial charge on any atom is 0.239 e. The first-order valence-electron chi connectivity index (χ1n) is 6.96. The molecular weight excluding hydrogens is 238 g/mol. The molecule has 0 spiro atoms. The first kappa shape index (κ1) is 13.9. The van der Waals surface area contributed by atoms with Crippen LogP contribution in [0.1, 0.15) is 31.9 Å². The molecule has 1 aliphatic rings. The van der Waals surface area contributed by atoms with E-state index in [4.69, 9.17) is 5.73 Å². The van der Waals surface area contributed by atoms with Crippen molar-refractivity contribution in [1.29, 1.82) is 0 Å². The number of rotatable bonds is 4. The second-order valence-electron chi connectivity index (χ2n) is 5.12. The third-order valence-electron chi connectivity index (χ3n) is 3.96. The fourth-order valence-electron chi connectivity index (χ4n) is 2.67. The molecule has 4 nitrogen and oxygen atoms in total. The van der Waals surface area contributed by atoms with Crippen molar-refractivity contribution in [2.75, 3.05) is 18.8 Å². The summed E-state index contributed by atoms with van der Waals surface area (Å²) in [5, 5.41) is 0. The van der Waals surface area contributed by atoms with Gasteiger partial charge in [-0.1, -0.05) is 6.07 Å². The zero-order valence-corrected chi connectivity index (χ0v) is 12.0. The van der Waals surface area contributed by atoms with Crippen molar-refractivity contribution in [3.8, 4) is 0 Å². The van der Waals surface area contributed by atoms with Crippen molar-refractivity contribution in [3.63, 3.8) is 0 Å². The third-order valence-corrected chi connectivity index (χ3v) is 3.96. The van der Waals surface area contributed by atoms with E-state index in [1.54, 1.807) is 0 Å². The fraction of sp³-hybridized carbons (Fsp3) is 0.533. The van der Waals surface area contributed by atoms with Crippen LogP contribution in [-0.4, -0.2) is 34.8 Å². The number of carbonyl (C=O) groups is 1. The van der Waals surface area contributed by atoms with Gasteiger partial charge in [-0.25, -0.2) is 0 Å². The fourth-order valence-corrected chi connectivity index (χ4v) is 2.67. The van der Waals surface area contributed by atoms with Gasteiger partial charge in [0.25, 0.3) is 0 Å². The normalized spacial score (nSPS) is 16.2. The second kappa shape index (κ2) is 5.61. The molecule has 0 aliphatic carbocycles. The maximum absolute atomic E-state index is 12.4. The summed E-state index contributed by atoms with van der Waals surface area (Å²) in [6.45, 7) is 9.23. The lowest BCUT2D eigenvalue weighted by atomic mass is 10.1. The van der Waals surface area contributed by atoms with Gasteiger partial charge in [-0.05, 0) is 44.0 Å². The number of anilines is 1. The summed E-state index contributed by atoms with van der Waals surface area (Å²) in [6.07, 6.45) is 0. The predicted octanol–water partition coefficient (Wildman–Crippen LogP) is 1.84. The van der Waals surface area contributed by atoms with Crippen LogP contribution >= 0.6 is 0 Å². The smallest absolute Gasteiger partial charge is 0.239 e. The largest absolute Gasteiger partial charge is 0.399 e. The van der Waals surface area contributed by atoms with Gasteiger partial charge < -0.3 is 10.6 Å². The van der Waals surface area contributed by atoms with Gasteiger partial charge in [0.05, 0.1) is 6.04 Å². The third kappa shape index (κ3) is 2.73. The van der Waals surface area contributed by atoms with E-state index in [1.165, 1.54) is 11.1 Å². The van der Waals surface area contributed by atoms with Crippen LogP contribution in [0.4, 0.5) is 5.69 Å². The highest BCUT2D eigenvalue weighted by Crippen LogP contribution is 2.26. The monoisotopic (exact) mass is 261 g/mol. The lowest BCUT2D eigenvalue weighted by Gasteiger charge is -2.28. The van der Waals surface area contributed by atoms with Gasteiger partial charge in [-0.3, -0.25) is 9.69 Å². The van der Waals surface area contributed by atoms with Crippen molar-refractivity contribution in [2.24, 2.45) is 0 Å². The van der Waals surface area contributed by atoms with Crippen molar-refractivity contribution in [3.05, 3.63) is 29.3 Å². The molecule has 1 aliphatic heterocycles. The number of nitrogens with two attached hydrogens (primary N) is 1. The Bertz CT molecular complexity index is 468. The number of hydrogen-bond donors (Lipinski definition) is 1. The summed E-state index contributed by atoms with van der Waals surface area (Å²) in [4.78, 5) is 16.5. The van der Waals surface area contributed by atoms with Crippen LogP contribution in [0.5, 0.6) is 0 Å². The molecule has 4 heteroatoms. The Labute approximate surface area is 115 Å². The molecule has 1 atom stereocenters. The number of nitrogen functional groups attached to an aromatic ring is 1. The highest BCUT2D eigenvalue weighted by atomic mass is 16.2. The van der Waals surface area contributed by atoms with E-state index in [9.17, 15) is 4.79 Å². The molecule has 19 heavy (non-hydrogen) atoms. The van der Waals surface area contributed by atoms with E-state index in [1.807, 2.05) is 37.8 Å². The minimum Gasteiger partial charge on any atom is -0.399 e. The summed E-state index contributed by atoms with van der Waals surface area (Å²) >= 11 is 0. The van der Waals surface area contributed by atoms with Crippen LogP contribution in [0.2, 0.25) is 0 Å². The molecule has 0 radical (unpaired) electrons. The Morgan fingerprint density at radius 2 is 1.95 bits per heavy atom. The Morgan fingerprint density at radius 3 is 2.58 bits per heavy atom. The first-order valence-corrected chi connectivity index (χ1v) is 6.96. The number of hydrogen-bond acceptors (Lipinski definition) is 3. The molecule has 1 aromatic carbocycles. The summed E-state index contributed by atoms with van der Waals surface area (Å²) in [5.74, 6) is 0.214. The second-order valence-corrected chi connectivity index (χ2v) is 5.12. The quantitative estimate of drug-likeness (QED) is 0.841. The zero-order valence-electron chi connectivity index (χ0n) is 12.0. The SMILES string of the molecule is CCN(CC)C(=O)C(C)N1Cc2ccc(N)cc2C1. The predicted molar refractivity (Wildman–Crippen MR) is 77.5 cm³/mol. The summed E-state index contributed by atoms with van der Waals surface area (Å²) in [5.41, 5.74) is 9.14. The molecule has 2 N–H and O–H groups in total. The molecule has 1 aromatic rings. The minimum atomic E-state index is -0.0754. The molecule has 1 unspecified atom stereocenters.